The van der Waals surface area contributed by atoms with E-state index in [1.54, 1.807) is 0 Å². The molecular weight excluding hydrogens is 246 g/mol. The first kappa shape index (κ1) is 13.0. The molecule has 0 amide bonds. The van der Waals surface area contributed by atoms with Gasteiger partial charge in [0.2, 0.25) is 0 Å². The molecule has 1 aliphatic rings. The van der Waals surface area contributed by atoms with Gasteiger partial charge in [0.05, 0.1) is 0 Å². The van der Waals surface area contributed by atoms with Crippen molar-refractivity contribution in [2.75, 3.05) is 5.73 Å². The number of nitrogen functional groups attached to an aromatic ring is 1. The summed E-state index contributed by atoms with van der Waals surface area (Å²) in [5, 5.41) is 0. The second-order valence-electron chi connectivity index (χ2n) is 5.72. The highest BCUT2D eigenvalue weighted by Crippen LogP contribution is 2.26. The molecule has 0 radical (unpaired) electrons. The predicted molar refractivity (Wildman–Crippen MR) is 83.1 cm³/mol. The first-order valence-corrected chi connectivity index (χ1v) is 7.23. The number of benzene rings is 2. The van der Waals surface area contributed by atoms with Gasteiger partial charge in [-0.25, -0.2) is 0 Å². The lowest BCUT2D eigenvalue weighted by Crippen LogP contribution is -2.00. The van der Waals surface area contributed by atoms with E-state index < -0.39 is 0 Å². The van der Waals surface area contributed by atoms with Crippen LogP contribution in [-0.4, -0.2) is 0 Å². The lowest BCUT2D eigenvalue weighted by Gasteiger charge is -2.12. The molecule has 0 bridgehead atoms. The number of aryl methyl sites for hydroxylation is 4. The normalized spacial score (nSPS) is 13.3. The van der Waals surface area contributed by atoms with E-state index in [0.717, 1.165) is 22.6 Å². The molecule has 0 atom stereocenters. The Morgan fingerprint density at radius 2 is 1.80 bits per heavy atom. The van der Waals surface area contributed by atoms with Gasteiger partial charge in [-0.2, -0.15) is 0 Å². The van der Waals surface area contributed by atoms with Crippen LogP contribution in [0, 0.1) is 13.8 Å². The first-order chi connectivity index (χ1) is 9.63. The minimum Gasteiger partial charge on any atom is -0.489 e. The summed E-state index contributed by atoms with van der Waals surface area (Å²) in [6.07, 6.45) is 3.72. The van der Waals surface area contributed by atoms with Crippen LogP contribution in [-0.2, 0) is 19.4 Å². The van der Waals surface area contributed by atoms with Gasteiger partial charge in [-0.05, 0) is 60.9 Å². The van der Waals surface area contributed by atoms with Crippen molar-refractivity contribution in [2.24, 2.45) is 0 Å². The van der Waals surface area contributed by atoms with Gasteiger partial charge in [0.15, 0.2) is 0 Å². The van der Waals surface area contributed by atoms with Crippen LogP contribution < -0.4 is 10.5 Å². The number of rotatable bonds is 3. The Morgan fingerprint density at radius 1 is 1.00 bits per heavy atom. The summed E-state index contributed by atoms with van der Waals surface area (Å²) in [7, 11) is 0. The number of ether oxygens (including phenoxy) is 1. The lowest BCUT2D eigenvalue weighted by atomic mass is 10.1. The zero-order valence-electron chi connectivity index (χ0n) is 12.2. The third kappa shape index (κ3) is 2.51. The van der Waals surface area contributed by atoms with Crippen LogP contribution in [0.3, 0.4) is 0 Å². The van der Waals surface area contributed by atoms with Gasteiger partial charge in [-0.15, -0.1) is 0 Å². The van der Waals surface area contributed by atoms with Crippen LogP contribution >= 0.6 is 0 Å². The molecule has 2 nitrogen and oxygen atoms in total. The Morgan fingerprint density at radius 3 is 2.65 bits per heavy atom. The van der Waals surface area contributed by atoms with Crippen molar-refractivity contribution < 1.29 is 4.74 Å². The third-order valence-electron chi connectivity index (χ3n) is 4.12. The van der Waals surface area contributed by atoms with E-state index in [1.807, 2.05) is 13.0 Å². The van der Waals surface area contributed by atoms with Crippen molar-refractivity contribution in [3.05, 3.63) is 58.1 Å². The Balaban J connectivity index is 1.75. The smallest absolute Gasteiger partial charge is 0.124 e. The minimum absolute atomic E-state index is 0.608. The summed E-state index contributed by atoms with van der Waals surface area (Å²) in [6, 6.07) is 10.7. The van der Waals surface area contributed by atoms with E-state index in [1.165, 1.54) is 36.0 Å². The standard InChI is InChI=1S/C18H21NO/c1-12-8-13(2)18(10-17(12)19)20-11-14-6-7-15-4-3-5-16(15)9-14/h6-10H,3-5,11,19H2,1-2H3. The first-order valence-electron chi connectivity index (χ1n) is 7.23. The summed E-state index contributed by atoms with van der Waals surface area (Å²) in [5.74, 6) is 0.883. The average Bonchev–Trinajstić information content (AvgIpc) is 2.89. The molecular formula is C18H21NO. The van der Waals surface area contributed by atoms with Crippen LogP contribution in [0.5, 0.6) is 5.75 Å². The molecule has 0 unspecified atom stereocenters. The minimum atomic E-state index is 0.608. The van der Waals surface area contributed by atoms with E-state index >= 15 is 0 Å². The van der Waals surface area contributed by atoms with Crippen molar-refractivity contribution in [1.29, 1.82) is 0 Å². The number of anilines is 1. The predicted octanol–water partition coefficient (Wildman–Crippen LogP) is 3.95. The zero-order valence-corrected chi connectivity index (χ0v) is 12.2. The molecule has 104 valence electrons. The quantitative estimate of drug-likeness (QED) is 0.854. The molecule has 3 rings (SSSR count). The van der Waals surface area contributed by atoms with Gasteiger partial charge in [0, 0.05) is 11.8 Å². The molecule has 2 N–H and O–H groups in total. The summed E-state index contributed by atoms with van der Waals surface area (Å²) in [6.45, 7) is 4.69. The molecule has 0 saturated heterocycles. The van der Waals surface area contributed by atoms with E-state index in [0.29, 0.717) is 6.61 Å². The summed E-state index contributed by atoms with van der Waals surface area (Å²) in [4.78, 5) is 0. The summed E-state index contributed by atoms with van der Waals surface area (Å²) < 4.78 is 5.94. The third-order valence-corrected chi connectivity index (χ3v) is 4.12. The molecule has 0 saturated carbocycles. The number of fused-ring (bicyclic) bond motifs is 1. The zero-order chi connectivity index (χ0) is 14.1. The van der Waals surface area contributed by atoms with Gasteiger partial charge >= 0.3 is 0 Å². The highest BCUT2D eigenvalue weighted by atomic mass is 16.5. The van der Waals surface area contributed by atoms with E-state index in [2.05, 4.69) is 31.2 Å². The Labute approximate surface area is 120 Å². The van der Waals surface area contributed by atoms with Crippen LogP contribution in [0.2, 0.25) is 0 Å². The molecule has 2 heteroatoms. The van der Waals surface area contributed by atoms with Crippen molar-refractivity contribution in [2.45, 2.75) is 39.7 Å². The van der Waals surface area contributed by atoms with Crippen molar-refractivity contribution >= 4 is 5.69 Å². The van der Waals surface area contributed by atoms with Crippen molar-refractivity contribution in [3.8, 4) is 5.75 Å². The Hall–Kier alpha value is -1.96. The number of hydrogen-bond donors (Lipinski definition) is 1. The molecule has 0 aromatic heterocycles. The van der Waals surface area contributed by atoms with Crippen molar-refractivity contribution in [1.82, 2.24) is 0 Å². The van der Waals surface area contributed by atoms with E-state index in [-0.39, 0.29) is 0 Å². The van der Waals surface area contributed by atoms with E-state index in [4.69, 9.17) is 10.5 Å². The molecule has 0 aliphatic heterocycles. The number of hydrogen-bond acceptors (Lipinski definition) is 2. The Kier molecular flexibility index (Phi) is 3.39. The van der Waals surface area contributed by atoms with Crippen molar-refractivity contribution in [3.63, 3.8) is 0 Å². The van der Waals surface area contributed by atoms with Gasteiger partial charge < -0.3 is 10.5 Å². The Bertz CT molecular complexity index is 646. The monoisotopic (exact) mass is 267 g/mol. The molecule has 20 heavy (non-hydrogen) atoms. The van der Waals surface area contributed by atoms with Gasteiger partial charge in [0.1, 0.15) is 12.4 Å². The van der Waals surface area contributed by atoms with Crippen LogP contribution in [0.1, 0.15) is 34.2 Å². The summed E-state index contributed by atoms with van der Waals surface area (Å²) >= 11 is 0. The second-order valence-corrected chi connectivity index (χ2v) is 5.72. The highest BCUT2D eigenvalue weighted by Gasteiger charge is 2.11. The fourth-order valence-electron chi connectivity index (χ4n) is 2.88. The van der Waals surface area contributed by atoms with Gasteiger partial charge in [0.25, 0.3) is 0 Å². The fraction of sp³-hybridized carbons (Fsp3) is 0.333. The average molecular weight is 267 g/mol. The second kappa shape index (κ2) is 5.20. The molecule has 2 aromatic rings. The fourth-order valence-corrected chi connectivity index (χ4v) is 2.88. The molecule has 1 aliphatic carbocycles. The van der Waals surface area contributed by atoms with Crippen LogP contribution in [0.15, 0.2) is 30.3 Å². The maximum absolute atomic E-state index is 5.95. The van der Waals surface area contributed by atoms with Gasteiger partial charge in [-0.1, -0.05) is 24.3 Å². The van der Waals surface area contributed by atoms with Crippen LogP contribution in [0.4, 0.5) is 5.69 Å². The largest absolute Gasteiger partial charge is 0.489 e. The van der Waals surface area contributed by atoms with E-state index in [9.17, 15) is 0 Å². The topological polar surface area (TPSA) is 35.2 Å². The molecule has 0 heterocycles. The lowest BCUT2D eigenvalue weighted by molar-refractivity contribution is 0.304. The molecule has 0 spiro atoms. The van der Waals surface area contributed by atoms with Crippen LogP contribution in [0.25, 0.3) is 0 Å². The maximum atomic E-state index is 5.95. The summed E-state index contributed by atoms with van der Waals surface area (Å²) in [5.41, 5.74) is 13.2. The SMILES string of the molecule is Cc1cc(C)c(OCc2ccc3c(c2)CCC3)cc1N. The molecule has 0 fully saturated rings. The van der Waals surface area contributed by atoms with Gasteiger partial charge in [-0.3, -0.25) is 0 Å². The maximum Gasteiger partial charge on any atom is 0.124 e. The number of nitrogens with two attached hydrogens (primary N) is 1. The highest BCUT2D eigenvalue weighted by molar-refractivity contribution is 5.54. The molecule has 2 aromatic carbocycles.